The van der Waals surface area contributed by atoms with E-state index in [4.69, 9.17) is 14.6 Å². The SMILES string of the molecule is CC(C)(C)OC(=O)N[C@@H]1COC(=O)C1.CC(C)(O)C[C@@H](CO)NC(=O)OC(C)(C)C.[CH3-].[Li+]. The van der Waals surface area contributed by atoms with Crippen LogP contribution in [-0.2, 0) is 19.0 Å². The Bertz CT molecular complexity index is 580. The van der Waals surface area contributed by atoms with Gasteiger partial charge < -0.3 is 42.5 Å². The van der Waals surface area contributed by atoms with Crippen molar-refractivity contribution in [3.63, 3.8) is 0 Å². The zero-order valence-corrected chi connectivity index (χ0v) is 21.3. The van der Waals surface area contributed by atoms with Gasteiger partial charge in [0, 0.05) is 0 Å². The molecule has 1 aliphatic rings. The van der Waals surface area contributed by atoms with E-state index in [-0.39, 0.29) is 64.4 Å². The normalized spacial score (nSPS) is 16.7. The van der Waals surface area contributed by atoms with Crippen molar-refractivity contribution in [2.24, 2.45) is 0 Å². The van der Waals surface area contributed by atoms with Crippen molar-refractivity contribution in [2.45, 2.75) is 97.1 Å². The fourth-order valence-electron chi connectivity index (χ4n) is 2.32. The second-order valence-electron chi connectivity index (χ2n) is 9.77. The van der Waals surface area contributed by atoms with Gasteiger partial charge in [0.05, 0.1) is 30.7 Å². The summed E-state index contributed by atoms with van der Waals surface area (Å²) in [6, 6.07) is -0.757. The Morgan fingerprint density at radius 1 is 1.06 bits per heavy atom. The van der Waals surface area contributed by atoms with E-state index in [9.17, 15) is 19.5 Å². The Morgan fingerprint density at radius 3 is 1.88 bits per heavy atom. The Morgan fingerprint density at radius 2 is 1.53 bits per heavy atom. The van der Waals surface area contributed by atoms with Crippen LogP contribution in [0.3, 0.4) is 0 Å². The third kappa shape index (κ3) is 20.4. The Balaban J connectivity index is -0.000000497. The third-order valence-electron chi connectivity index (χ3n) is 3.27. The number of carbonyl (C=O) groups is 3. The number of aliphatic hydroxyl groups is 2. The van der Waals surface area contributed by atoms with E-state index < -0.39 is 35.0 Å². The first-order valence-corrected chi connectivity index (χ1v) is 9.88. The van der Waals surface area contributed by atoms with Gasteiger partial charge in [-0.3, -0.25) is 4.79 Å². The minimum absolute atomic E-state index is 0. The maximum atomic E-state index is 11.4. The second-order valence-corrected chi connectivity index (χ2v) is 9.77. The molecule has 11 heteroatoms. The summed E-state index contributed by atoms with van der Waals surface area (Å²) in [7, 11) is 0. The van der Waals surface area contributed by atoms with Gasteiger partial charge in [-0.15, -0.1) is 0 Å². The van der Waals surface area contributed by atoms with Gasteiger partial charge >= 0.3 is 37.0 Å². The summed E-state index contributed by atoms with van der Waals surface area (Å²) < 4.78 is 14.7. The van der Waals surface area contributed by atoms with Gasteiger partial charge in [0.15, 0.2) is 0 Å². The van der Waals surface area contributed by atoms with E-state index in [1.165, 1.54) is 0 Å². The number of ether oxygens (including phenoxy) is 3. The molecule has 0 aromatic heterocycles. The molecule has 0 spiro atoms. The molecule has 0 bridgehead atoms. The Hall–Kier alpha value is -1.47. The smallest absolute Gasteiger partial charge is 0.463 e. The van der Waals surface area contributed by atoms with Crippen molar-refractivity contribution in [3.8, 4) is 0 Å². The van der Waals surface area contributed by atoms with Crippen molar-refractivity contribution >= 4 is 18.2 Å². The molecule has 1 rings (SSSR count). The van der Waals surface area contributed by atoms with Crippen LogP contribution in [0.25, 0.3) is 0 Å². The van der Waals surface area contributed by atoms with Gasteiger partial charge in [-0.1, -0.05) is 0 Å². The third-order valence-corrected chi connectivity index (χ3v) is 3.27. The average Bonchev–Trinajstić information content (AvgIpc) is 2.86. The van der Waals surface area contributed by atoms with Crippen LogP contribution in [-0.4, -0.2) is 70.5 Å². The summed E-state index contributed by atoms with van der Waals surface area (Å²) >= 11 is 0. The van der Waals surface area contributed by atoms with E-state index in [1.54, 1.807) is 55.4 Å². The van der Waals surface area contributed by atoms with Crippen LogP contribution in [0.15, 0.2) is 0 Å². The number of cyclic esters (lactones) is 1. The molecule has 2 amide bonds. The maximum absolute atomic E-state index is 11.4. The quantitative estimate of drug-likeness (QED) is 0.184. The molecule has 0 aromatic carbocycles. The molecule has 184 valence electrons. The van der Waals surface area contributed by atoms with Crippen molar-refractivity contribution < 1.29 is 57.7 Å². The van der Waals surface area contributed by atoms with Crippen molar-refractivity contribution in [1.82, 2.24) is 10.6 Å². The molecule has 1 fully saturated rings. The largest absolute Gasteiger partial charge is 1.00 e. The zero-order chi connectivity index (χ0) is 23.8. The van der Waals surface area contributed by atoms with Gasteiger partial charge in [-0.05, 0) is 61.8 Å². The van der Waals surface area contributed by atoms with Gasteiger partial charge in [0.25, 0.3) is 0 Å². The van der Waals surface area contributed by atoms with Crippen molar-refractivity contribution in [2.75, 3.05) is 13.2 Å². The van der Waals surface area contributed by atoms with Gasteiger partial charge in [0.1, 0.15) is 17.8 Å². The molecule has 2 atom stereocenters. The molecule has 0 unspecified atom stereocenters. The van der Waals surface area contributed by atoms with E-state index >= 15 is 0 Å². The molecule has 32 heavy (non-hydrogen) atoms. The molecule has 0 saturated carbocycles. The first kappa shape index (κ1) is 35.1. The monoisotopic (exact) mass is 456 g/mol. The van der Waals surface area contributed by atoms with E-state index in [1.807, 2.05) is 0 Å². The van der Waals surface area contributed by atoms with Gasteiger partial charge in [-0.25, -0.2) is 9.59 Å². The summed E-state index contributed by atoms with van der Waals surface area (Å²) in [5, 5.41) is 23.7. The molecule has 0 aromatic rings. The molecule has 0 aliphatic carbocycles. The van der Waals surface area contributed by atoms with Crippen LogP contribution in [0.5, 0.6) is 0 Å². The van der Waals surface area contributed by atoms with Crippen LogP contribution < -0.4 is 29.5 Å². The van der Waals surface area contributed by atoms with Crippen LogP contribution in [0, 0.1) is 7.43 Å². The van der Waals surface area contributed by atoms with Crippen molar-refractivity contribution in [3.05, 3.63) is 7.43 Å². The molecular formula is C21H41LiN2O8. The number of amides is 2. The Labute approximate surface area is 204 Å². The number of hydrogen-bond donors (Lipinski definition) is 4. The fourth-order valence-corrected chi connectivity index (χ4v) is 2.32. The zero-order valence-electron chi connectivity index (χ0n) is 21.3. The van der Waals surface area contributed by atoms with Gasteiger partial charge in [0.2, 0.25) is 0 Å². The maximum Gasteiger partial charge on any atom is 1.00 e. The number of nitrogens with one attached hydrogen (secondary N) is 2. The van der Waals surface area contributed by atoms with Crippen LogP contribution in [0.1, 0.15) is 68.2 Å². The predicted molar refractivity (Wildman–Crippen MR) is 116 cm³/mol. The van der Waals surface area contributed by atoms with E-state index in [0.717, 1.165) is 0 Å². The number of carbonyl (C=O) groups excluding carboxylic acids is 3. The summed E-state index contributed by atoms with van der Waals surface area (Å²) in [4.78, 5) is 33.3. The summed E-state index contributed by atoms with van der Waals surface area (Å²) in [6.45, 7) is 13.9. The minimum atomic E-state index is -0.942. The molecule has 4 N–H and O–H groups in total. The molecule has 0 radical (unpaired) electrons. The summed E-state index contributed by atoms with van der Waals surface area (Å²) in [5.74, 6) is -0.286. The molecule has 1 heterocycles. The average molecular weight is 457 g/mol. The molecule has 1 saturated heterocycles. The first-order valence-electron chi connectivity index (χ1n) is 9.88. The van der Waals surface area contributed by atoms with Crippen LogP contribution in [0.4, 0.5) is 9.59 Å². The summed E-state index contributed by atoms with van der Waals surface area (Å²) in [5.41, 5.74) is -2.03. The number of hydrogen-bond acceptors (Lipinski definition) is 8. The number of esters is 1. The van der Waals surface area contributed by atoms with Crippen LogP contribution in [0.2, 0.25) is 0 Å². The minimum Gasteiger partial charge on any atom is -0.463 e. The molecule has 1 aliphatic heterocycles. The number of rotatable bonds is 5. The fraction of sp³-hybridized carbons (Fsp3) is 0.810. The summed E-state index contributed by atoms with van der Waals surface area (Å²) in [6.07, 6.45) is -0.612. The molecule has 10 nitrogen and oxygen atoms in total. The first-order chi connectivity index (χ1) is 13.4. The standard InChI is InChI=1S/C11H23NO4.C9H15NO4.CH3.Li/c1-10(2,3)16-9(14)12-8(7-13)6-11(4,5)15;1-9(2,3)14-8(12)10-6-4-7(11)13-5-6;;/h8,13,15H,6-7H2,1-5H3,(H,12,14);6H,4-5H2,1-3H3,(H,10,12);1H3;/q;;-1;+1/t8-;6-;;/m00../s1. The number of alkyl carbamates (subject to hydrolysis) is 2. The van der Waals surface area contributed by atoms with Gasteiger partial charge in [-0.2, -0.15) is 0 Å². The van der Waals surface area contributed by atoms with E-state index in [2.05, 4.69) is 15.4 Å². The Kier molecular flexibility index (Phi) is 16.1. The second kappa shape index (κ2) is 14.6. The topological polar surface area (TPSA) is 143 Å². The van der Waals surface area contributed by atoms with Crippen LogP contribution >= 0.6 is 0 Å². The van der Waals surface area contributed by atoms with Crippen molar-refractivity contribution in [1.29, 1.82) is 0 Å². The predicted octanol–water partition coefficient (Wildman–Crippen LogP) is -0.686. The van der Waals surface area contributed by atoms with E-state index in [0.29, 0.717) is 0 Å². The molecular weight excluding hydrogens is 415 g/mol. The number of aliphatic hydroxyl groups excluding tert-OH is 1.